The van der Waals surface area contributed by atoms with Crippen molar-refractivity contribution in [1.29, 1.82) is 0 Å². The van der Waals surface area contributed by atoms with E-state index in [9.17, 15) is 0 Å². The molecule has 0 radical (unpaired) electrons. The molecule has 1 heterocycles. The number of nitrogens with one attached hydrogen (secondary N) is 1. The Hall–Kier alpha value is -1.95. The second kappa shape index (κ2) is 5.79. The van der Waals surface area contributed by atoms with Gasteiger partial charge in [0.2, 0.25) is 0 Å². The van der Waals surface area contributed by atoms with Crippen LogP contribution in [0, 0.1) is 0 Å². The molecule has 0 saturated carbocycles. The van der Waals surface area contributed by atoms with Crippen molar-refractivity contribution >= 4 is 17.3 Å². The van der Waals surface area contributed by atoms with Gasteiger partial charge in [0.05, 0.1) is 31.5 Å². The fraction of sp³-hybridized carbons (Fsp3) is 0.333. The first-order valence-electron chi connectivity index (χ1n) is 5.64. The highest BCUT2D eigenvalue weighted by Gasteiger charge is 2.10. The molecule has 7 heteroatoms. The van der Waals surface area contributed by atoms with Crippen LogP contribution in [0.4, 0.5) is 5.69 Å². The quantitative estimate of drug-likeness (QED) is 0.910. The normalized spacial score (nSPS) is 10.3. The molecular weight excluding hydrogens is 268 g/mol. The number of anilines is 1. The highest BCUT2D eigenvalue weighted by molar-refractivity contribution is 6.32. The molecule has 0 amide bonds. The van der Waals surface area contributed by atoms with E-state index in [1.165, 1.54) is 0 Å². The standard InChI is InChI=1S/C12H15ClN4O2/c1-17-7-8(15-16-17)6-14-10-5-11(18-2)9(13)4-12(10)19-3/h4-5,7,14H,6H2,1-3H3. The van der Waals surface area contributed by atoms with Crippen molar-refractivity contribution in [2.75, 3.05) is 19.5 Å². The molecule has 0 aliphatic rings. The topological polar surface area (TPSA) is 61.2 Å². The summed E-state index contributed by atoms with van der Waals surface area (Å²) in [6.45, 7) is 0.537. The van der Waals surface area contributed by atoms with Crippen molar-refractivity contribution < 1.29 is 9.47 Å². The van der Waals surface area contributed by atoms with Gasteiger partial charge in [-0.05, 0) is 0 Å². The van der Waals surface area contributed by atoms with Crippen LogP contribution in [-0.2, 0) is 13.6 Å². The summed E-state index contributed by atoms with van der Waals surface area (Å²) < 4.78 is 12.1. The molecule has 0 aliphatic carbocycles. The van der Waals surface area contributed by atoms with E-state index in [0.717, 1.165) is 11.4 Å². The second-order valence-electron chi connectivity index (χ2n) is 3.92. The summed E-state index contributed by atoms with van der Waals surface area (Å²) in [7, 11) is 4.98. The Labute approximate surface area is 116 Å². The third-order valence-electron chi connectivity index (χ3n) is 2.58. The predicted octanol–water partition coefficient (Wildman–Crippen LogP) is 2.10. The molecule has 0 saturated heterocycles. The molecule has 0 spiro atoms. The van der Waals surface area contributed by atoms with E-state index in [0.29, 0.717) is 23.1 Å². The van der Waals surface area contributed by atoms with Crippen molar-refractivity contribution in [3.8, 4) is 11.5 Å². The number of ether oxygens (including phenoxy) is 2. The third-order valence-corrected chi connectivity index (χ3v) is 2.88. The highest BCUT2D eigenvalue weighted by atomic mass is 35.5. The Balaban J connectivity index is 2.18. The zero-order valence-corrected chi connectivity index (χ0v) is 11.7. The van der Waals surface area contributed by atoms with E-state index in [4.69, 9.17) is 21.1 Å². The number of aromatic nitrogens is 3. The number of aryl methyl sites for hydroxylation is 1. The van der Waals surface area contributed by atoms with Gasteiger partial charge in [0, 0.05) is 25.4 Å². The summed E-state index contributed by atoms with van der Waals surface area (Å²) in [4.78, 5) is 0. The maximum atomic E-state index is 6.04. The highest BCUT2D eigenvalue weighted by Crippen LogP contribution is 2.35. The fourth-order valence-electron chi connectivity index (χ4n) is 1.66. The van der Waals surface area contributed by atoms with E-state index in [-0.39, 0.29) is 0 Å². The fourth-order valence-corrected chi connectivity index (χ4v) is 1.89. The maximum Gasteiger partial charge on any atom is 0.143 e. The van der Waals surface area contributed by atoms with Gasteiger partial charge in [0.25, 0.3) is 0 Å². The number of hydrogen-bond acceptors (Lipinski definition) is 5. The summed E-state index contributed by atoms with van der Waals surface area (Å²) in [5.74, 6) is 1.24. The van der Waals surface area contributed by atoms with Crippen LogP contribution in [-0.4, -0.2) is 29.2 Å². The summed E-state index contributed by atoms with van der Waals surface area (Å²) in [6, 6.07) is 3.50. The minimum Gasteiger partial charge on any atom is -0.495 e. The predicted molar refractivity (Wildman–Crippen MR) is 72.9 cm³/mol. The number of methoxy groups -OCH3 is 2. The second-order valence-corrected chi connectivity index (χ2v) is 4.33. The molecule has 0 aliphatic heterocycles. The van der Waals surface area contributed by atoms with Crippen LogP contribution < -0.4 is 14.8 Å². The number of halogens is 1. The Morgan fingerprint density at radius 3 is 2.58 bits per heavy atom. The molecule has 1 aromatic heterocycles. The van der Waals surface area contributed by atoms with Crippen LogP contribution in [0.15, 0.2) is 18.3 Å². The van der Waals surface area contributed by atoms with Gasteiger partial charge in [0.1, 0.15) is 17.2 Å². The van der Waals surface area contributed by atoms with E-state index in [2.05, 4.69) is 15.6 Å². The maximum absolute atomic E-state index is 6.04. The zero-order valence-electron chi connectivity index (χ0n) is 11.0. The number of benzene rings is 1. The minimum atomic E-state index is 0.504. The van der Waals surface area contributed by atoms with Crippen molar-refractivity contribution in [2.45, 2.75) is 6.54 Å². The monoisotopic (exact) mass is 282 g/mol. The largest absolute Gasteiger partial charge is 0.495 e. The molecule has 102 valence electrons. The average molecular weight is 283 g/mol. The molecule has 1 N–H and O–H groups in total. The zero-order chi connectivity index (χ0) is 13.8. The lowest BCUT2D eigenvalue weighted by atomic mass is 10.2. The summed E-state index contributed by atoms with van der Waals surface area (Å²) in [5, 5.41) is 11.6. The van der Waals surface area contributed by atoms with Crippen molar-refractivity contribution in [3.63, 3.8) is 0 Å². The third kappa shape index (κ3) is 3.08. The van der Waals surface area contributed by atoms with Crippen LogP contribution >= 0.6 is 11.6 Å². The van der Waals surface area contributed by atoms with Crippen LogP contribution in [0.2, 0.25) is 5.02 Å². The molecular formula is C12H15ClN4O2. The van der Waals surface area contributed by atoms with E-state index in [1.54, 1.807) is 31.0 Å². The van der Waals surface area contributed by atoms with Crippen molar-refractivity contribution in [2.24, 2.45) is 7.05 Å². The molecule has 6 nitrogen and oxygen atoms in total. The first-order chi connectivity index (χ1) is 9.13. The van der Waals surface area contributed by atoms with Gasteiger partial charge in [-0.25, -0.2) is 0 Å². The molecule has 0 bridgehead atoms. The van der Waals surface area contributed by atoms with Gasteiger partial charge in [-0.2, -0.15) is 0 Å². The first kappa shape index (κ1) is 13.5. The van der Waals surface area contributed by atoms with E-state index >= 15 is 0 Å². The van der Waals surface area contributed by atoms with Gasteiger partial charge < -0.3 is 14.8 Å². The van der Waals surface area contributed by atoms with Crippen molar-refractivity contribution in [1.82, 2.24) is 15.0 Å². The minimum absolute atomic E-state index is 0.504. The van der Waals surface area contributed by atoms with Crippen LogP contribution in [0.3, 0.4) is 0 Å². The summed E-state index contributed by atoms with van der Waals surface area (Å²) in [6.07, 6.45) is 1.84. The van der Waals surface area contributed by atoms with Gasteiger partial charge in [-0.3, -0.25) is 4.68 Å². The SMILES string of the molecule is COc1cc(NCc2cn(C)nn2)c(OC)cc1Cl. The Morgan fingerprint density at radius 2 is 2.00 bits per heavy atom. The smallest absolute Gasteiger partial charge is 0.143 e. The Bertz CT molecular complexity index is 571. The molecule has 0 unspecified atom stereocenters. The van der Waals surface area contributed by atoms with Crippen LogP contribution in [0.5, 0.6) is 11.5 Å². The Kier molecular flexibility index (Phi) is 4.11. The number of hydrogen-bond donors (Lipinski definition) is 1. The molecule has 2 aromatic rings. The lowest BCUT2D eigenvalue weighted by Crippen LogP contribution is -2.02. The molecule has 0 atom stereocenters. The van der Waals surface area contributed by atoms with E-state index in [1.807, 2.05) is 13.2 Å². The molecule has 19 heavy (non-hydrogen) atoms. The van der Waals surface area contributed by atoms with Gasteiger partial charge in [-0.1, -0.05) is 16.8 Å². The first-order valence-corrected chi connectivity index (χ1v) is 6.02. The van der Waals surface area contributed by atoms with Gasteiger partial charge in [0.15, 0.2) is 0 Å². The van der Waals surface area contributed by atoms with Gasteiger partial charge >= 0.3 is 0 Å². The lowest BCUT2D eigenvalue weighted by Gasteiger charge is -2.13. The van der Waals surface area contributed by atoms with Gasteiger partial charge in [-0.15, -0.1) is 5.10 Å². The lowest BCUT2D eigenvalue weighted by molar-refractivity contribution is 0.404. The molecule has 0 fully saturated rings. The number of nitrogens with zero attached hydrogens (tertiary/aromatic N) is 3. The molecule has 1 aromatic carbocycles. The Morgan fingerprint density at radius 1 is 1.26 bits per heavy atom. The number of rotatable bonds is 5. The van der Waals surface area contributed by atoms with E-state index < -0.39 is 0 Å². The summed E-state index contributed by atoms with van der Waals surface area (Å²) in [5.41, 5.74) is 1.62. The van der Waals surface area contributed by atoms with Crippen molar-refractivity contribution in [3.05, 3.63) is 29.0 Å². The molecule has 2 rings (SSSR count). The summed E-state index contributed by atoms with van der Waals surface area (Å²) >= 11 is 6.04. The van der Waals surface area contributed by atoms with Crippen LogP contribution in [0.25, 0.3) is 0 Å². The van der Waals surface area contributed by atoms with Crippen LogP contribution in [0.1, 0.15) is 5.69 Å². The average Bonchev–Trinajstić information content (AvgIpc) is 2.82.